The fourth-order valence-corrected chi connectivity index (χ4v) is 4.81. The van der Waals surface area contributed by atoms with E-state index in [4.69, 9.17) is 4.74 Å². The van der Waals surface area contributed by atoms with Crippen LogP contribution in [0.4, 0.5) is 10.9 Å². The van der Waals surface area contributed by atoms with E-state index in [0.29, 0.717) is 11.7 Å². The molecule has 1 unspecified atom stereocenters. The van der Waals surface area contributed by atoms with Gasteiger partial charge < -0.3 is 15.0 Å². The number of piperidine rings is 1. The highest BCUT2D eigenvalue weighted by atomic mass is 32.1. The molecule has 0 saturated carbocycles. The molecule has 5 rings (SSSR count). The zero-order chi connectivity index (χ0) is 21.9. The van der Waals surface area contributed by atoms with Crippen LogP contribution >= 0.6 is 11.3 Å². The lowest BCUT2D eigenvalue weighted by atomic mass is 9.97. The summed E-state index contributed by atoms with van der Waals surface area (Å²) in [5.41, 5.74) is 2.69. The van der Waals surface area contributed by atoms with E-state index in [-0.39, 0.29) is 11.8 Å². The van der Waals surface area contributed by atoms with Gasteiger partial charge >= 0.3 is 0 Å². The normalized spacial score (nSPS) is 16.2. The van der Waals surface area contributed by atoms with E-state index in [1.54, 1.807) is 7.11 Å². The van der Waals surface area contributed by atoms with Crippen molar-refractivity contribution in [1.82, 2.24) is 15.2 Å². The molecule has 1 N–H and O–H groups in total. The number of fused-ring (bicyclic) bond motifs is 1. The quantitative estimate of drug-likeness (QED) is 0.483. The maximum Gasteiger partial charge on any atom is 0.231 e. The molecule has 1 fully saturated rings. The third-order valence-electron chi connectivity index (χ3n) is 5.68. The van der Waals surface area contributed by atoms with E-state index in [0.717, 1.165) is 52.4 Å². The highest BCUT2D eigenvalue weighted by Gasteiger charge is 2.27. The van der Waals surface area contributed by atoms with Crippen LogP contribution in [0.1, 0.15) is 12.8 Å². The Kier molecular flexibility index (Phi) is 5.68. The molecule has 1 atom stereocenters. The van der Waals surface area contributed by atoms with Crippen molar-refractivity contribution in [3.8, 4) is 17.0 Å². The summed E-state index contributed by atoms with van der Waals surface area (Å²) in [6, 6.07) is 19.6. The minimum atomic E-state index is -0.112. The fraction of sp³-hybridized carbons (Fsp3) is 0.250. The molecule has 1 aliphatic heterocycles. The van der Waals surface area contributed by atoms with Crippen LogP contribution in [-0.2, 0) is 4.79 Å². The van der Waals surface area contributed by atoms with Crippen molar-refractivity contribution in [3.05, 3.63) is 60.7 Å². The first kappa shape index (κ1) is 20.4. The van der Waals surface area contributed by atoms with Gasteiger partial charge in [-0.1, -0.05) is 23.5 Å². The van der Waals surface area contributed by atoms with Gasteiger partial charge in [-0.25, -0.2) is 4.98 Å². The average molecular weight is 446 g/mol. The van der Waals surface area contributed by atoms with Crippen LogP contribution in [-0.4, -0.2) is 41.3 Å². The number of amides is 1. The molecule has 4 aromatic rings. The standard InChI is InChI=1S/C24H23N5O2S/c1-31-18-10-8-16(9-11-18)19-12-13-22(28-27-19)29-14-4-5-17(15-29)23(30)26-24-25-20-6-2-3-7-21(20)32-24/h2-3,6-13,17H,4-5,14-15H2,1H3,(H,25,26,30). The minimum absolute atomic E-state index is 0.0107. The number of para-hydroxylation sites is 1. The number of ether oxygens (including phenoxy) is 1. The summed E-state index contributed by atoms with van der Waals surface area (Å²) in [7, 11) is 1.65. The van der Waals surface area contributed by atoms with Crippen molar-refractivity contribution in [2.75, 3.05) is 30.4 Å². The average Bonchev–Trinajstić information content (AvgIpc) is 3.26. The lowest BCUT2D eigenvalue weighted by Gasteiger charge is -2.32. The second kappa shape index (κ2) is 8.92. The molecule has 0 spiro atoms. The number of carbonyl (C=O) groups is 1. The van der Waals surface area contributed by atoms with Gasteiger partial charge in [0.05, 0.1) is 28.9 Å². The Morgan fingerprint density at radius 1 is 1.09 bits per heavy atom. The van der Waals surface area contributed by atoms with Crippen molar-refractivity contribution in [1.29, 1.82) is 0 Å². The van der Waals surface area contributed by atoms with Crippen molar-refractivity contribution in [2.45, 2.75) is 12.8 Å². The second-order valence-electron chi connectivity index (χ2n) is 7.77. The molecule has 3 heterocycles. The van der Waals surface area contributed by atoms with Crippen LogP contribution in [0.25, 0.3) is 21.5 Å². The maximum atomic E-state index is 12.9. The lowest BCUT2D eigenvalue weighted by molar-refractivity contribution is -0.120. The number of rotatable bonds is 5. The van der Waals surface area contributed by atoms with Crippen LogP contribution in [0, 0.1) is 5.92 Å². The van der Waals surface area contributed by atoms with Crippen LogP contribution in [0.15, 0.2) is 60.7 Å². The van der Waals surface area contributed by atoms with Gasteiger partial charge in [0.15, 0.2) is 10.9 Å². The Balaban J connectivity index is 1.25. The number of nitrogens with one attached hydrogen (secondary N) is 1. The highest BCUT2D eigenvalue weighted by molar-refractivity contribution is 7.22. The third-order valence-corrected chi connectivity index (χ3v) is 6.63. The zero-order valence-electron chi connectivity index (χ0n) is 17.7. The monoisotopic (exact) mass is 445 g/mol. The largest absolute Gasteiger partial charge is 0.497 e. The topological polar surface area (TPSA) is 80.2 Å². The van der Waals surface area contributed by atoms with E-state index in [1.807, 2.05) is 60.7 Å². The number of aromatic nitrogens is 3. The Morgan fingerprint density at radius 3 is 2.69 bits per heavy atom. The van der Waals surface area contributed by atoms with E-state index in [2.05, 4.69) is 25.4 Å². The molecule has 0 aliphatic carbocycles. The van der Waals surface area contributed by atoms with Crippen molar-refractivity contribution >= 4 is 38.4 Å². The first-order chi connectivity index (χ1) is 15.7. The molecular formula is C24H23N5O2S. The molecule has 1 amide bonds. The van der Waals surface area contributed by atoms with E-state index >= 15 is 0 Å². The van der Waals surface area contributed by atoms with E-state index in [1.165, 1.54) is 11.3 Å². The first-order valence-electron chi connectivity index (χ1n) is 10.6. The minimum Gasteiger partial charge on any atom is -0.497 e. The summed E-state index contributed by atoms with van der Waals surface area (Å²) in [6.07, 6.45) is 1.78. The first-order valence-corrected chi connectivity index (χ1v) is 11.4. The van der Waals surface area contributed by atoms with Crippen LogP contribution in [0.5, 0.6) is 5.75 Å². The predicted octanol–water partition coefficient (Wildman–Crippen LogP) is 4.62. The molecule has 2 aromatic carbocycles. The van der Waals surface area contributed by atoms with Crippen molar-refractivity contribution in [2.24, 2.45) is 5.92 Å². The number of benzene rings is 2. The van der Waals surface area contributed by atoms with E-state index < -0.39 is 0 Å². The number of nitrogens with zero attached hydrogens (tertiary/aromatic N) is 4. The zero-order valence-corrected chi connectivity index (χ0v) is 18.5. The Bertz CT molecular complexity index is 1190. The summed E-state index contributed by atoms with van der Waals surface area (Å²) in [5, 5.41) is 12.5. The smallest absolute Gasteiger partial charge is 0.231 e. The fourth-order valence-electron chi connectivity index (χ4n) is 3.94. The summed E-state index contributed by atoms with van der Waals surface area (Å²) >= 11 is 1.50. The Labute approximate surface area is 190 Å². The Hall–Kier alpha value is -3.52. The lowest BCUT2D eigenvalue weighted by Crippen LogP contribution is -2.41. The number of carbonyl (C=O) groups excluding carboxylic acids is 1. The van der Waals surface area contributed by atoms with Gasteiger partial charge in [-0.3, -0.25) is 4.79 Å². The molecule has 1 aliphatic rings. The third kappa shape index (κ3) is 4.27. The van der Waals surface area contributed by atoms with Gasteiger partial charge in [0.1, 0.15) is 5.75 Å². The van der Waals surface area contributed by atoms with Gasteiger partial charge in [0.25, 0.3) is 0 Å². The van der Waals surface area contributed by atoms with Crippen molar-refractivity contribution < 1.29 is 9.53 Å². The molecule has 32 heavy (non-hydrogen) atoms. The summed E-state index contributed by atoms with van der Waals surface area (Å²) in [5.74, 6) is 1.50. The van der Waals surface area contributed by atoms with E-state index in [9.17, 15) is 4.79 Å². The highest BCUT2D eigenvalue weighted by Crippen LogP contribution is 2.28. The molecule has 1 saturated heterocycles. The Morgan fingerprint density at radius 2 is 1.94 bits per heavy atom. The number of thiazole rings is 1. The summed E-state index contributed by atoms with van der Waals surface area (Å²) < 4.78 is 6.28. The number of anilines is 2. The van der Waals surface area contributed by atoms with Gasteiger partial charge in [-0.15, -0.1) is 10.2 Å². The SMILES string of the molecule is COc1ccc(-c2ccc(N3CCCC(C(=O)Nc4nc5ccccc5s4)C3)nn2)cc1. The predicted molar refractivity (Wildman–Crippen MR) is 127 cm³/mol. The van der Waals surface area contributed by atoms with Crippen LogP contribution in [0.3, 0.4) is 0 Å². The molecule has 0 bridgehead atoms. The van der Waals surface area contributed by atoms with Crippen LogP contribution in [0.2, 0.25) is 0 Å². The summed E-state index contributed by atoms with van der Waals surface area (Å²) in [6.45, 7) is 1.48. The van der Waals surface area contributed by atoms with Crippen LogP contribution < -0.4 is 15.0 Å². The molecule has 162 valence electrons. The molecule has 7 nitrogen and oxygen atoms in total. The molecule has 0 radical (unpaired) electrons. The summed E-state index contributed by atoms with van der Waals surface area (Å²) in [4.78, 5) is 19.5. The number of hydrogen-bond acceptors (Lipinski definition) is 7. The van der Waals surface area contributed by atoms with Gasteiger partial charge in [0, 0.05) is 18.7 Å². The van der Waals surface area contributed by atoms with Crippen molar-refractivity contribution in [3.63, 3.8) is 0 Å². The maximum absolute atomic E-state index is 12.9. The molecular weight excluding hydrogens is 422 g/mol. The van der Waals surface area contributed by atoms with Gasteiger partial charge in [-0.05, 0) is 61.4 Å². The number of hydrogen-bond donors (Lipinski definition) is 1. The molecule has 8 heteroatoms. The number of methoxy groups -OCH3 is 1. The van der Waals surface area contributed by atoms with Gasteiger partial charge in [0.2, 0.25) is 5.91 Å². The van der Waals surface area contributed by atoms with Gasteiger partial charge in [-0.2, -0.15) is 0 Å². The molecule has 2 aromatic heterocycles. The second-order valence-corrected chi connectivity index (χ2v) is 8.80.